The Morgan fingerprint density at radius 3 is 2.78 bits per heavy atom. The number of rotatable bonds is 5. The standard InChI is InChI=1S/C19H26ClFN4O2/c20-16-9-13(10-17(21)19(26)24-27)11-22-18(16)23-14-5-4-8-25(12-14)15-6-2-1-3-7-15/h9-11,14-15,27H,1-8,12H2,(H,22,23)(H,24,26)/t14-/m1/s1. The average Bonchev–Trinajstić information content (AvgIpc) is 2.70. The molecule has 0 bridgehead atoms. The summed E-state index contributed by atoms with van der Waals surface area (Å²) in [6.45, 7) is 2.13. The smallest absolute Gasteiger partial charge is 0.303 e. The molecule has 1 amide bonds. The normalized spacial score (nSPS) is 22.5. The van der Waals surface area contributed by atoms with Crippen molar-refractivity contribution in [2.24, 2.45) is 0 Å². The van der Waals surface area contributed by atoms with E-state index >= 15 is 0 Å². The van der Waals surface area contributed by atoms with Crippen molar-refractivity contribution >= 4 is 29.4 Å². The first-order valence-corrected chi connectivity index (χ1v) is 9.92. The highest BCUT2D eigenvalue weighted by Crippen LogP contribution is 2.28. The third-order valence-corrected chi connectivity index (χ3v) is 5.65. The Morgan fingerprint density at radius 2 is 2.07 bits per heavy atom. The maximum absolute atomic E-state index is 13.5. The summed E-state index contributed by atoms with van der Waals surface area (Å²) < 4.78 is 13.5. The lowest BCUT2D eigenvalue weighted by Crippen LogP contribution is -2.47. The minimum Gasteiger partial charge on any atom is -0.365 e. The number of likely N-dealkylation sites (tertiary alicyclic amines) is 1. The lowest BCUT2D eigenvalue weighted by atomic mass is 9.92. The van der Waals surface area contributed by atoms with Crippen molar-refractivity contribution in [3.8, 4) is 0 Å². The van der Waals surface area contributed by atoms with Gasteiger partial charge < -0.3 is 5.32 Å². The fourth-order valence-corrected chi connectivity index (χ4v) is 4.23. The molecule has 6 nitrogen and oxygen atoms in total. The lowest BCUT2D eigenvalue weighted by molar-refractivity contribution is -0.126. The predicted octanol–water partition coefficient (Wildman–Crippen LogP) is 3.76. The second-order valence-electron chi connectivity index (χ2n) is 7.30. The number of hydrogen-bond donors (Lipinski definition) is 3. The second-order valence-corrected chi connectivity index (χ2v) is 7.71. The Bertz CT molecular complexity index is 694. The number of carbonyl (C=O) groups is 1. The number of amides is 1. The van der Waals surface area contributed by atoms with E-state index in [1.165, 1.54) is 43.8 Å². The maximum atomic E-state index is 13.5. The van der Waals surface area contributed by atoms with Gasteiger partial charge in [-0.1, -0.05) is 30.9 Å². The molecule has 0 aromatic carbocycles. The van der Waals surface area contributed by atoms with E-state index in [0.29, 0.717) is 22.4 Å². The topological polar surface area (TPSA) is 77.5 Å². The SMILES string of the molecule is O=C(NO)C(F)=Cc1cnc(N[C@@H]2CCCN(C3CCCCC3)C2)c(Cl)c1. The van der Waals surface area contributed by atoms with Crippen LogP contribution in [0.5, 0.6) is 0 Å². The molecule has 0 radical (unpaired) electrons. The number of aromatic nitrogens is 1. The molecule has 1 atom stereocenters. The van der Waals surface area contributed by atoms with Crippen LogP contribution in [0, 0.1) is 0 Å². The van der Waals surface area contributed by atoms with E-state index < -0.39 is 11.7 Å². The Labute approximate surface area is 163 Å². The summed E-state index contributed by atoms with van der Waals surface area (Å²) in [5, 5.41) is 12.2. The maximum Gasteiger partial charge on any atom is 0.303 e. The quantitative estimate of drug-likeness (QED) is 0.401. The van der Waals surface area contributed by atoms with Gasteiger partial charge in [-0.25, -0.2) is 14.9 Å². The van der Waals surface area contributed by atoms with Crippen LogP contribution in [-0.4, -0.2) is 46.2 Å². The van der Waals surface area contributed by atoms with E-state index in [4.69, 9.17) is 16.8 Å². The Balaban J connectivity index is 1.62. The molecular weight excluding hydrogens is 371 g/mol. The van der Waals surface area contributed by atoms with Crippen molar-refractivity contribution in [2.75, 3.05) is 18.4 Å². The summed E-state index contributed by atoms with van der Waals surface area (Å²) in [7, 11) is 0. The number of nitrogens with one attached hydrogen (secondary N) is 2. The van der Waals surface area contributed by atoms with Crippen LogP contribution in [0.1, 0.15) is 50.5 Å². The minimum absolute atomic E-state index is 0.281. The van der Waals surface area contributed by atoms with Gasteiger partial charge in [0.05, 0.1) is 5.02 Å². The van der Waals surface area contributed by atoms with Gasteiger partial charge >= 0.3 is 5.91 Å². The number of piperidine rings is 1. The highest BCUT2D eigenvalue weighted by atomic mass is 35.5. The highest BCUT2D eigenvalue weighted by molar-refractivity contribution is 6.33. The fourth-order valence-electron chi connectivity index (χ4n) is 4.00. The first-order valence-electron chi connectivity index (χ1n) is 9.54. The second kappa shape index (κ2) is 9.48. The summed E-state index contributed by atoms with van der Waals surface area (Å²) >= 11 is 6.29. The number of halogens is 2. The molecule has 3 rings (SSSR count). The van der Waals surface area contributed by atoms with Gasteiger partial charge in [0, 0.05) is 24.8 Å². The molecule has 1 aliphatic carbocycles. The molecule has 2 fully saturated rings. The summed E-state index contributed by atoms with van der Waals surface area (Å²) in [4.78, 5) is 17.9. The monoisotopic (exact) mass is 396 g/mol. The molecule has 0 unspecified atom stereocenters. The molecule has 148 valence electrons. The van der Waals surface area contributed by atoms with Crippen LogP contribution < -0.4 is 10.8 Å². The van der Waals surface area contributed by atoms with Crippen LogP contribution in [0.4, 0.5) is 10.2 Å². The molecule has 1 saturated heterocycles. The molecule has 1 aliphatic heterocycles. The van der Waals surface area contributed by atoms with Gasteiger partial charge in [-0.05, 0) is 49.9 Å². The first kappa shape index (κ1) is 20.0. The van der Waals surface area contributed by atoms with Crippen molar-refractivity contribution in [1.29, 1.82) is 0 Å². The van der Waals surface area contributed by atoms with Crippen LogP contribution in [0.2, 0.25) is 5.02 Å². The molecule has 2 heterocycles. The van der Waals surface area contributed by atoms with Crippen LogP contribution >= 0.6 is 11.6 Å². The zero-order chi connectivity index (χ0) is 19.2. The molecule has 3 N–H and O–H groups in total. The van der Waals surface area contributed by atoms with Gasteiger partial charge in [-0.3, -0.25) is 14.9 Å². The zero-order valence-corrected chi connectivity index (χ0v) is 16.0. The Kier molecular flexibility index (Phi) is 7.04. The van der Waals surface area contributed by atoms with Gasteiger partial charge in [-0.2, -0.15) is 0 Å². The number of nitrogens with zero attached hydrogens (tertiary/aromatic N) is 2. The van der Waals surface area contributed by atoms with Crippen LogP contribution in [-0.2, 0) is 4.79 Å². The van der Waals surface area contributed by atoms with E-state index in [0.717, 1.165) is 32.0 Å². The molecule has 8 heteroatoms. The van der Waals surface area contributed by atoms with Gasteiger partial charge in [0.15, 0.2) is 5.83 Å². The van der Waals surface area contributed by atoms with Crippen molar-refractivity contribution in [2.45, 2.75) is 57.0 Å². The molecule has 1 aromatic rings. The minimum atomic E-state index is -1.21. The van der Waals surface area contributed by atoms with E-state index in [1.54, 1.807) is 6.07 Å². The lowest BCUT2D eigenvalue weighted by Gasteiger charge is -2.40. The summed E-state index contributed by atoms with van der Waals surface area (Å²) in [5.74, 6) is -1.76. The molecule has 27 heavy (non-hydrogen) atoms. The molecule has 1 saturated carbocycles. The Hall–Kier alpha value is -1.70. The fraction of sp³-hybridized carbons (Fsp3) is 0.579. The predicted molar refractivity (Wildman–Crippen MR) is 103 cm³/mol. The van der Waals surface area contributed by atoms with Gasteiger partial charge in [0.1, 0.15) is 5.82 Å². The molecule has 0 spiro atoms. The average molecular weight is 397 g/mol. The molecular formula is C19H26ClFN4O2. The number of pyridine rings is 1. The van der Waals surface area contributed by atoms with Crippen molar-refractivity contribution in [3.05, 3.63) is 28.7 Å². The van der Waals surface area contributed by atoms with E-state index in [-0.39, 0.29) is 6.04 Å². The highest BCUT2D eigenvalue weighted by Gasteiger charge is 2.27. The number of hydroxylamine groups is 1. The van der Waals surface area contributed by atoms with Crippen molar-refractivity contribution in [3.63, 3.8) is 0 Å². The first-order chi connectivity index (χ1) is 13.1. The number of carbonyl (C=O) groups excluding carboxylic acids is 1. The number of anilines is 1. The van der Waals surface area contributed by atoms with Gasteiger partial charge in [0.25, 0.3) is 0 Å². The Morgan fingerprint density at radius 1 is 1.30 bits per heavy atom. The molecule has 2 aliphatic rings. The van der Waals surface area contributed by atoms with Crippen LogP contribution in [0.15, 0.2) is 18.1 Å². The van der Waals surface area contributed by atoms with Crippen molar-refractivity contribution < 1.29 is 14.4 Å². The summed E-state index contributed by atoms with van der Waals surface area (Å²) in [6, 6.07) is 2.52. The van der Waals surface area contributed by atoms with E-state index in [1.807, 2.05) is 0 Å². The van der Waals surface area contributed by atoms with Crippen LogP contribution in [0.25, 0.3) is 6.08 Å². The zero-order valence-electron chi connectivity index (χ0n) is 15.3. The largest absolute Gasteiger partial charge is 0.365 e. The third kappa shape index (κ3) is 5.40. The number of hydrogen-bond acceptors (Lipinski definition) is 5. The van der Waals surface area contributed by atoms with E-state index in [9.17, 15) is 9.18 Å². The van der Waals surface area contributed by atoms with Gasteiger partial charge in [0.2, 0.25) is 0 Å². The van der Waals surface area contributed by atoms with Gasteiger partial charge in [-0.15, -0.1) is 0 Å². The van der Waals surface area contributed by atoms with Crippen LogP contribution in [0.3, 0.4) is 0 Å². The molecule has 1 aromatic heterocycles. The summed E-state index contributed by atoms with van der Waals surface area (Å²) in [5.41, 5.74) is 1.59. The van der Waals surface area contributed by atoms with E-state index in [2.05, 4.69) is 15.2 Å². The summed E-state index contributed by atoms with van der Waals surface area (Å²) in [6.07, 6.45) is 11.2. The third-order valence-electron chi connectivity index (χ3n) is 5.36. The van der Waals surface area contributed by atoms with Crippen molar-refractivity contribution in [1.82, 2.24) is 15.4 Å².